The van der Waals surface area contributed by atoms with Crippen molar-refractivity contribution in [3.8, 4) is 11.5 Å². The first-order valence-corrected chi connectivity index (χ1v) is 10.2. The average Bonchev–Trinajstić information content (AvgIpc) is 2.76. The fourth-order valence-corrected chi connectivity index (χ4v) is 2.83. The number of benzene rings is 2. The normalized spacial score (nSPS) is 10.6. The van der Waals surface area contributed by atoms with Gasteiger partial charge in [0.2, 0.25) is 5.91 Å². The number of guanidine groups is 1. The van der Waals surface area contributed by atoms with Crippen LogP contribution in [0.3, 0.4) is 0 Å². The second-order valence-electron chi connectivity index (χ2n) is 6.72. The molecule has 0 saturated heterocycles. The zero-order chi connectivity index (χ0) is 21.8. The van der Waals surface area contributed by atoms with Gasteiger partial charge in [0.25, 0.3) is 0 Å². The van der Waals surface area contributed by atoms with E-state index < -0.39 is 0 Å². The third-order valence-corrected chi connectivity index (χ3v) is 4.42. The molecule has 1 amide bonds. The molecule has 0 aromatic heterocycles. The van der Waals surface area contributed by atoms with Crippen molar-refractivity contribution < 1.29 is 14.3 Å². The number of nitrogens with zero attached hydrogens (tertiary/aromatic N) is 1. The number of amides is 1. The van der Waals surface area contributed by atoms with Crippen LogP contribution in [0.2, 0.25) is 0 Å². The van der Waals surface area contributed by atoms with Crippen molar-refractivity contribution in [2.45, 2.75) is 39.8 Å². The van der Waals surface area contributed by atoms with Crippen LogP contribution >= 0.6 is 24.0 Å². The van der Waals surface area contributed by atoms with Gasteiger partial charge in [0.15, 0.2) is 5.96 Å². The van der Waals surface area contributed by atoms with Gasteiger partial charge in [-0.05, 0) is 43.2 Å². The summed E-state index contributed by atoms with van der Waals surface area (Å²) in [5.74, 6) is 2.27. The Morgan fingerprint density at radius 3 is 2.35 bits per heavy atom. The molecular weight excluding hydrogens is 507 g/mol. The van der Waals surface area contributed by atoms with Crippen LogP contribution in [-0.2, 0) is 17.9 Å². The molecule has 2 aromatic rings. The number of hydrogen-bond acceptors (Lipinski definition) is 4. The average molecular weight is 540 g/mol. The summed E-state index contributed by atoms with van der Waals surface area (Å²) < 4.78 is 10.7. The predicted octanol–water partition coefficient (Wildman–Crippen LogP) is 4.32. The van der Waals surface area contributed by atoms with Gasteiger partial charge in [0.1, 0.15) is 11.5 Å². The van der Waals surface area contributed by atoms with Crippen molar-refractivity contribution >= 4 is 41.5 Å². The molecule has 0 saturated carbocycles. The molecule has 2 aromatic carbocycles. The lowest BCUT2D eigenvalue weighted by Crippen LogP contribution is -2.36. The van der Waals surface area contributed by atoms with Crippen LogP contribution in [-0.4, -0.2) is 32.6 Å². The molecule has 0 aliphatic carbocycles. The molecule has 0 radical (unpaired) electrons. The van der Waals surface area contributed by atoms with E-state index in [0.29, 0.717) is 19.5 Å². The number of ether oxygens (including phenoxy) is 2. The number of carbonyl (C=O) groups excluding carboxylic acids is 1. The van der Waals surface area contributed by atoms with Crippen molar-refractivity contribution in [3.05, 3.63) is 53.6 Å². The van der Waals surface area contributed by atoms with E-state index in [1.165, 1.54) is 0 Å². The highest BCUT2D eigenvalue weighted by Gasteiger charge is 2.06. The Bertz CT molecular complexity index is 841. The summed E-state index contributed by atoms with van der Waals surface area (Å²) in [4.78, 5) is 16.3. The van der Waals surface area contributed by atoms with E-state index in [1.54, 1.807) is 14.2 Å². The third-order valence-electron chi connectivity index (χ3n) is 4.42. The molecule has 0 spiro atoms. The van der Waals surface area contributed by atoms with Crippen LogP contribution in [0.4, 0.5) is 5.69 Å². The summed E-state index contributed by atoms with van der Waals surface area (Å²) in [5.41, 5.74) is 2.87. The van der Waals surface area contributed by atoms with Crippen molar-refractivity contribution in [2.75, 3.05) is 26.1 Å². The Balaban J connectivity index is 0.00000480. The number of carbonyl (C=O) groups is 1. The molecule has 0 aliphatic heterocycles. The van der Waals surface area contributed by atoms with Gasteiger partial charge >= 0.3 is 0 Å². The molecule has 8 heteroatoms. The van der Waals surface area contributed by atoms with E-state index >= 15 is 0 Å². The molecule has 0 fully saturated rings. The maximum absolute atomic E-state index is 11.7. The molecule has 170 valence electrons. The van der Waals surface area contributed by atoms with Gasteiger partial charge in [-0.2, -0.15) is 0 Å². The van der Waals surface area contributed by atoms with E-state index in [-0.39, 0.29) is 29.9 Å². The van der Waals surface area contributed by atoms with Crippen LogP contribution in [0.15, 0.2) is 47.5 Å². The van der Waals surface area contributed by atoms with Gasteiger partial charge in [-0.15, -0.1) is 24.0 Å². The molecule has 7 nitrogen and oxygen atoms in total. The summed E-state index contributed by atoms with van der Waals surface area (Å²) in [6.45, 7) is 5.87. The highest BCUT2D eigenvalue weighted by molar-refractivity contribution is 14.0. The molecule has 0 aliphatic rings. The Kier molecular flexibility index (Phi) is 12.4. The Hall–Kier alpha value is -2.49. The lowest BCUT2D eigenvalue weighted by atomic mass is 10.2. The number of aliphatic imine (C=N–C) groups is 1. The summed E-state index contributed by atoms with van der Waals surface area (Å²) in [5, 5.41) is 9.48. The zero-order valence-corrected chi connectivity index (χ0v) is 21.0. The van der Waals surface area contributed by atoms with Gasteiger partial charge < -0.3 is 25.4 Å². The minimum absolute atomic E-state index is 0. The van der Waals surface area contributed by atoms with Crippen molar-refractivity contribution in [1.82, 2.24) is 10.6 Å². The number of nitrogens with one attached hydrogen (secondary N) is 3. The number of halogens is 1. The van der Waals surface area contributed by atoms with Gasteiger partial charge in [0.05, 0.1) is 20.8 Å². The Morgan fingerprint density at radius 1 is 1.00 bits per heavy atom. The summed E-state index contributed by atoms with van der Waals surface area (Å²) in [7, 11) is 3.28. The lowest BCUT2D eigenvalue weighted by Gasteiger charge is -2.14. The van der Waals surface area contributed by atoms with E-state index in [2.05, 4.69) is 20.9 Å². The summed E-state index contributed by atoms with van der Waals surface area (Å²) >= 11 is 0. The van der Waals surface area contributed by atoms with Crippen molar-refractivity contribution in [3.63, 3.8) is 0 Å². The standard InChI is InChI=1S/C23H32N4O3.HI/c1-5-7-22(28)27-19-11-8-17(9-12-19)15-25-23(24-6-2)26-16-18-10-13-20(29-3)14-21(18)30-4;/h8-14H,5-7,15-16H2,1-4H3,(H,27,28)(H2,24,25,26);1H. The molecule has 31 heavy (non-hydrogen) atoms. The monoisotopic (exact) mass is 540 g/mol. The zero-order valence-electron chi connectivity index (χ0n) is 18.7. The minimum atomic E-state index is 0. The first-order chi connectivity index (χ1) is 14.6. The number of methoxy groups -OCH3 is 2. The lowest BCUT2D eigenvalue weighted by molar-refractivity contribution is -0.116. The van der Waals surface area contributed by atoms with Gasteiger partial charge in [0, 0.05) is 36.8 Å². The quantitative estimate of drug-likeness (QED) is 0.238. The van der Waals surface area contributed by atoms with Crippen molar-refractivity contribution in [2.24, 2.45) is 4.99 Å². The molecule has 2 rings (SSSR count). The van der Waals surface area contributed by atoms with Crippen LogP contribution < -0.4 is 25.4 Å². The molecule has 0 bridgehead atoms. The number of anilines is 1. The second-order valence-corrected chi connectivity index (χ2v) is 6.72. The van der Waals surface area contributed by atoms with E-state index in [1.807, 2.05) is 56.3 Å². The van der Waals surface area contributed by atoms with E-state index in [0.717, 1.165) is 47.2 Å². The summed E-state index contributed by atoms with van der Waals surface area (Å²) in [6.07, 6.45) is 1.37. The molecular formula is C23H33IN4O3. The number of rotatable bonds is 10. The maximum Gasteiger partial charge on any atom is 0.224 e. The smallest absolute Gasteiger partial charge is 0.224 e. The van der Waals surface area contributed by atoms with Crippen LogP contribution in [0.25, 0.3) is 0 Å². The third kappa shape index (κ3) is 9.04. The van der Waals surface area contributed by atoms with Gasteiger partial charge in [-0.3, -0.25) is 4.79 Å². The molecule has 0 unspecified atom stereocenters. The van der Waals surface area contributed by atoms with Gasteiger partial charge in [-0.25, -0.2) is 4.99 Å². The predicted molar refractivity (Wildman–Crippen MR) is 137 cm³/mol. The topological polar surface area (TPSA) is 84.0 Å². The molecule has 0 heterocycles. The molecule has 3 N–H and O–H groups in total. The van der Waals surface area contributed by atoms with Crippen molar-refractivity contribution in [1.29, 1.82) is 0 Å². The number of hydrogen-bond donors (Lipinski definition) is 3. The highest BCUT2D eigenvalue weighted by Crippen LogP contribution is 2.24. The Labute approximate surface area is 202 Å². The largest absolute Gasteiger partial charge is 0.497 e. The fourth-order valence-electron chi connectivity index (χ4n) is 2.83. The highest BCUT2D eigenvalue weighted by atomic mass is 127. The van der Waals surface area contributed by atoms with Crippen LogP contribution in [0.5, 0.6) is 11.5 Å². The second kappa shape index (κ2) is 14.5. The first kappa shape index (κ1) is 26.5. The molecule has 0 atom stereocenters. The fraction of sp³-hybridized carbons (Fsp3) is 0.391. The minimum Gasteiger partial charge on any atom is -0.497 e. The summed E-state index contributed by atoms with van der Waals surface area (Å²) in [6, 6.07) is 13.5. The SMILES string of the molecule is CCCC(=O)Nc1ccc(CN=C(NCC)NCc2ccc(OC)cc2OC)cc1.I. The Morgan fingerprint density at radius 2 is 1.74 bits per heavy atom. The van der Waals surface area contributed by atoms with Crippen LogP contribution in [0, 0.1) is 0 Å². The van der Waals surface area contributed by atoms with E-state index in [4.69, 9.17) is 9.47 Å². The first-order valence-electron chi connectivity index (χ1n) is 10.2. The van der Waals surface area contributed by atoms with E-state index in [9.17, 15) is 4.79 Å². The van der Waals surface area contributed by atoms with Gasteiger partial charge in [-0.1, -0.05) is 19.1 Å². The maximum atomic E-state index is 11.7. The van der Waals surface area contributed by atoms with Crippen LogP contribution in [0.1, 0.15) is 37.8 Å².